The van der Waals surface area contributed by atoms with Gasteiger partial charge in [0.15, 0.2) is 0 Å². The van der Waals surface area contributed by atoms with Gasteiger partial charge in [-0.05, 0) is 13.8 Å². The van der Waals surface area contributed by atoms with Crippen LogP contribution in [0.4, 0.5) is 5.69 Å². The SMILES string of the molecule is CCNc1cn(CC)c(=O)n(C)c1=O. The van der Waals surface area contributed by atoms with Crippen molar-refractivity contribution in [1.29, 1.82) is 0 Å². The van der Waals surface area contributed by atoms with Crippen molar-refractivity contribution in [3.63, 3.8) is 0 Å². The summed E-state index contributed by atoms with van der Waals surface area (Å²) in [6, 6.07) is 0. The van der Waals surface area contributed by atoms with Crippen LogP contribution in [0.1, 0.15) is 13.8 Å². The van der Waals surface area contributed by atoms with Crippen molar-refractivity contribution in [2.24, 2.45) is 7.05 Å². The number of nitrogens with zero attached hydrogens (tertiary/aromatic N) is 2. The zero-order valence-corrected chi connectivity index (χ0v) is 8.70. The van der Waals surface area contributed by atoms with Gasteiger partial charge >= 0.3 is 5.69 Å². The second-order valence-corrected chi connectivity index (χ2v) is 3.01. The third-order valence-electron chi connectivity index (χ3n) is 2.06. The molecular weight excluding hydrogens is 182 g/mol. The first-order valence-electron chi connectivity index (χ1n) is 4.66. The number of anilines is 1. The Kier molecular flexibility index (Phi) is 3.11. The molecule has 0 radical (unpaired) electrons. The van der Waals surface area contributed by atoms with Crippen molar-refractivity contribution in [2.75, 3.05) is 11.9 Å². The van der Waals surface area contributed by atoms with Gasteiger partial charge in [0.05, 0.1) is 0 Å². The zero-order valence-electron chi connectivity index (χ0n) is 8.70. The number of aryl methyl sites for hydroxylation is 1. The lowest BCUT2D eigenvalue weighted by atomic mass is 10.4. The van der Waals surface area contributed by atoms with Crippen LogP contribution in [0.25, 0.3) is 0 Å². The summed E-state index contributed by atoms with van der Waals surface area (Å²) >= 11 is 0. The van der Waals surface area contributed by atoms with E-state index in [1.165, 1.54) is 11.6 Å². The standard InChI is InChI=1S/C9H15N3O2/c1-4-10-7-6-12(5-2)9(14)11(3)8(7)13/h6,10H,4-5H2,1-3H3. The fourth-order valence-electron chi connectivity index (χ4n) is 1.26. The summed E-state index contributed by atoms with van der Waals surface area (Å²) in [5, 5.41) is 2.93. The molecule has 1 aromatic rings. The van der Waals surface area contributed by atoms with Gasteiger partial charge in [-0.1, -0.05) is 0 Å². The molecule has 5 nitrogen and oxygen atoms in total. The summed E-state index contributed by atoms with van der Waals surface area (Å²) in [6.07, 6.45) is 1.56. The van der Waals surface area contributed by atoms with E-state index in [2.05, 4.69) is 5.32 Å². The number of rotatable bonds is 3. The molecule has 1 heterocycles. The van der Waals surface area contributed by atoms with Gasteiger partial charge in [0, 0.05) is 26.3 Å². The fraction of sp³-hybridized carbons (Fsp3) is 0.556. The van der Waals surface area contributed by atoms with Crippen LogP contribution in [0.15, 0.2) is 15.8 Å². The molecule has 1 rings (SSSR count). The van der Waals surface area contributed by atoms with E-state index in [1.54, 1.807) is 6.20 Å². The lowest BCUT2D eigenvalue weighted by Crippen LogP contribution is -2.38. The molecule has 0 unspecified atom stereocenters. The fourth-order valence-corrected chi connectivity index (χ4v) is 1.26. The largest absolute Gasteiger partial charge is 0.380 e. The first kappa shape index (κ1) is 10.6. The normalized spacial score (nSPS) is 10.2. The molecule has 0 aliphatic carbocycles. The van der Waals surface area contributed by atoms with Gasteiger partial charge in [-0.3, -0.25) is 13.9 Å². The zero-order chi connectivity index (χ0) is 10.7. The molecule has 0 aromatic carbocycles. The van der Waals surface area contributed by atoms with Gasteiger partial charge < -0.3 is 5.32 Å². The maximum Gasteiger partial charge on any atom is 0.330 e. The van der Waals surface area contributed by atoms with Crippen molar-refractivity contribution < 1.29 is 0 Å². The monoisotopic (exact) mass is 197 g/mol. The van der Waals surface area contributed by atoms with Gasteiger partial charge in [-0.15, -0.1) is 0 Å². The number of nitrogens with one attached hydrogen (secondary N) is 1. The first-order chi connectivity index (χ1) is 6.61. The molecule has 0 aliphatic rings. The average Bonchev–Trinajstić information content (AvgIpc) is 2.19. The van der Waals surface area contributed by atoms with Crippen LogP contribution < -0.4 is 16.6 Å². The molecule has 0 atom stereocenters. The van der Waals surface area contributed by atoms with Crippen molar-refractivity contribution in [1.82, 2.24) is 9.13 Å². The van der Waals surface area contributed by atoms with Gasteiger partial charge in [-0.25, -0.2) is 4.79 Å². The third kappa shape index (κ3) is 1.71. The second kappa shape index (κ2) is 4.13. The van der Waals surface area contributed by atoms with Crippen LogP contribution in [0.5, 0.6) is 0 Å². The minimum atomic E-state index is -0.279. The van der Waals surface area contributed by atoms with Crippen LogP contribution in [0.3, 0.4) is 0 Å². The lowest BCUT2D eigenvalue weighted by molar-refractivity contribution is 0.631. The van der Waals surface area contributed by atoms with Gasteiger partial charge in [0.25, 0.3) is 5.56 Å². The molecule has 0 fully saturated rings. The minimum Gasteiger partial charge on any atom is -0.380 e. The predicted octanol–water partition coefficient (Wildman–Crippen LogP) is -0.00130. The van der Waals surface area contributed by atoms with Crippen LogP contribution >= 0.6 is 0 Å². The molecule has 0 amide bonds. The van der Waals surface area contributed by atoms with Crippen LogP contribution in [-0.2, 0) is 13.6 Å². The second-order valence-electron chi connectivity index (χ2n) is 3.01. The molecule has 0 bridgehead atoms. The maximum absolute atomic E-state index is 11.5. The van der Waals surface area contributed by atoms with Crippen molar-refractivity contribution in [3.8, 4) is 0 Å². The van der Waals surface area contributed by atoms with E-state index in [9.17, 15) is 9.59 Å². The summed E-state index contributed by atoms with van der Waals surface area (Å²) in [6.45, 7) is 4.99. The van der Waals surface area contributed by atoms with Crippen molar-refractivity contribution in [3.05, 3.63) is 27.0 Å². The van der Waals surface area contributed by atoms with E-state index in [0.717, 1.165) is 4.57 Å². The predicted molar refractivity (Wildman–Crippen MR) is 55.8 cm³/mol. The van der Waals surface area contributed by atoms with Crippen LogP contribution in [0.2, 0.25) is 0 Å². The maximum atomic E-state index is 11.5. The number of hydrogen-bond acceptors (Lipinski definition) is 3. The number of hydrogen-bond donors (Lipinski definition) is 1. The molecule has 0 saturated carbocycles. The van der Waals surface area contributed by atoms with E-state index >= 15 is 0 Å². The summed E-state index contributed by atoms with van der Waals surface area (Å²) in [5.41, 5.74) is -0.0860. The smallest absolute Gasteiger partial charge is 0.330 e. The molecule has 0 spiro atoms. The van der Waals surface area contributed by atoms with Crippen LogP contribution in [0, 0.1) is 0 Å². The van der Waals surface area contributed by atoms with Crippen LogP contribution in [-0.4, -0.2) is 15.7 Å². The highest BCUT2D eigenvalue weighted by Gasteiger charge is 2.05. The summed E-state index contributed by atoms with van der Waals surface area (Å²) in [7, 11) is 1.48. The molecule has 1 N–H and O–H groups in total. The molecule has 78 valence electrons. The third-order valence-corrected chi connectivity index (χ3v) is 2.06. The Morgan fingerprint density at radius 2 is 2.00 bits per heavy atom. The van der Waals surface area contributed by atoms with Gasteiger partial charge in [0.2, 0.25) is 0 Å². The minimum absolute atomic E-state index is 0.276. The van der Waals surface area contributed by atoms with Crippen molar-refractivity contribution in [2.45, 2.75) is 20.4 Å². The Bertz CT molecular complexity index is 431. The highest BCUT2D eigenvalue weighted by atomic mass is 16.2. The molecule has 0 aliphatic heterocycles. The highest BCUT2D eigenvalue weighted by Crippen LogP contribution is 1.94. The Morgan fingerprint density at radius 3 is 2.50 bits per heavy atom. The topological polar surface area (TPSA) is 56.0 Å². The average molecular weight is 197 g/mol. The Balaban J connectivity index is 3.41. The molecule has 5 heteroatoms. The highest BCUT2D eigenvalue weighted by molar-refractivity contribution is 5.37. The molecule has 1 aromatic heterocycles. The van der Waals surface area contributed by atoms with E-state index in [0.29, 0.717) is 18.8 Å². The van der Waals surface area contributed by atoms with Crippen molar-refractivity contribution >= 4 is 5.69 Å². The van der Waals surface area contributed by atoms with Gasteiger partial charge in [-0.2, -0.15) is 0 Å². The Labute approximate surface area is 82.0 Å². The van der Waals surface area contributed by atoms with E-state index in [4.69, 9.17) is 0 Å². The number of aromatic nitrogens is 2. The Morgan fingerprint density at radius 1 is 1.36 bits per heavy atom. The molecule has 14 heavy (non-hydrogen) atoms. The molecule has 0 saturated heterocycles. The Hall–Kier alpha value is -1.52. The summed E-state index contributed by atoms with van der Waals surface area (Å²) in [5.74, 6) is 0. The first-order valence-corrected chi connectivity index (χ1v) is 4.66. The quantitative estimate of drug-likeness (QED) is 0.742. The lowest BCUT2D eigenvalue weighted by Gasteiger charge is -2.08. The molecular formula is C9H15N3O2. The summed E-state index contributed by atoms with van der Waals surface area (Å²) in [4.78, 5) is 23.0. The van der Waals surface area contributed by atoms with E-state index in [1.807, 2.05) is 13.8 Å². The van der Waals surface area contributed by atoms with Gasteiger partial charge in [0.1, 0.15) is 5.69 Å². The summed E-state index contributed by atoms with van der Waals surface area (Å²) < 4.78 is 2.61. The van der Waals surface area contributed by atoms with E-state index < -0.39 is 0 Å². The van der Waals surface area contributed by atoms with E-state index in [-0.39, 0.29) is 11.2 Å².